The number of hydrogen-bond acceptors (Lipinski definition) is 4. The van der Waals surface area contributed by atoms with Crippen LogP contribution in [0.2, 0.25) is 0 Å². The Kier molecular flexibility index (Phi) is 4.60. The molecule has 0 bridgehead atoms. The van der Waals surface area contributed by atoms with Gasteiger partial charge in [-0.2, -0.15) is 0 Å². The number of amides is 1. The molecule has 1 aromatic heterocycles. The van der Waals surface area contributed by atoms with Gasteiger partial charge in [0, 0.05) is 30.9 Å². The van der Waals surface area contributed by atoms with E-state index in [2.05, 4.69) is 10.3 Å². The first-order valence-corrected chi connectivity index (χ1v) is 7.21. The topological polar surface area (TPSA) is 65.5 Å². The van der Waals surface area contributed by atoms with Crippen LogP contribution in [0, 0.1) is 12.8 Å². The van der Waals surface area contributed by atoms with Crippen molar-refractivity contribution in [1.29, 1.82) is 0 Å². The first kappa shape index (κ1) is 14.8. The number of nitrogens with one attached hydrogen (secondary N) is 1. The molecular formula is C15H23N3O2. The second-order valence-electron chi connectivity index (χ2n) is 5.50. The molecule has 1 aromatic rings. The van der Waals surface area contributed by atoms with Gasteiger partial charge in [0.1, 0.15) is 5.82 Å². The van der Waals surface area contributed by atoms with Crippen molar-refractivity contribution < 1.29 is 9.90 Å². The van der Waals surface area contributed by atoms with Gasteiger partial charge >= 0.3 is 0 Å². The van der Waals surface area contributed by atoms with Crippen molar-refractivity contribution in [3.63, 3.8) is 0 Å². The number of carbonyl (C=O) groups excluding carboxylic acids is 1. The van der Waals surface area contributed by atoms with E-state index in [1.165, 1.54) is 0 Å². The fourth-order valence-electron chi connectivity index (χ4n) is 2.56. The SMILES string of the molecule is CCNc1cc(C(=O)N2CCC(O)C(C)C2)cc(C)n1. The minimum atomic E-state index is -0.296. The zero-order valence-corrected chi connectivity index (χ0v) is 12.4. The van der Waals surface area contributed by atoms with E-state index in [4.69, 9.17) is 0 Å². The summed E-state index contributed by atoms with van der Waals surface area (Å²) >= 11 is 0. The predicted octanol–water partition coefficient (Wildman–Crippen LogP) is 1.66. The fourth-order valence-corrected chi connectivity index (χ4v) is 2.56. The van der Waals surface area contributed by atoms with Crippen molar-refractivity contribution in [3.05, 3.63) is 23.4 Å². The van der Waals surface area contributed by atoms with Gasteiger partial charge in [0.25, 0.3) is 5.91 Å². The molecule has 2 atom stereocenters. The summed E-state index contributed by atoms with van der Waals surface area (Å²) < 4.78 is 0. The van der Waals surface area contributed by atoms with E-state index < -0.39 is 0 Å². The van der Waals surface area contributed by atoms with Gasteiger partial charge in [0.15, 0.2) is 0 Å². The summed E-state index contributed by atoms with van der Waals surface area (Å²) in [6.45, 7) is 7.86. The zero-order chi connectivity index (χ0) is 14.7. The molecule has 1 amide bonds. The molecule has 20 heavy (non-hydrogen) atoms. The van der Waals surface area contributed by atoms with Gasteiger partial charge in [-0.05, 0) is 38.3 Å². The van der Waals surface area contributed by atoms with E-state index in [0.29, 0.717) is 25.1 Å². The highest BCUT2D eigenvalue weighted by molar-refractivity contribution is 5.95. The van der Waals surface area contributed by atoms with Gasteiger partial charge in [-0.15, -0.1) is 0 Å². The van der Waals surface area contributed by atoms with Gasteiger partial charge in [-0.1, -0.05) is 6.92 Å². The highest BCUT2D eigenvalue weighted by atomic mass is 16.3. The molecule has 0 spiro atoms. The summed E-state index contributed by atoms with van der Waals surface area (Å²) in [6.07, 6.45) is 0.354. The lowest BCUT2D eigenvalue weighted by atomic mass is 9.96. The third-order valence-electron chi connectivity index (χ3n) is 3.71. The summed E-state index contributed by atoms with van der Waals surface area (Å²) in [5, 5.41) is 12.9. The number of pyridine rings is 1. The Hall–Kier alpha value is -1.62. The standard InChI is InChI=1S/C15H23N3O2/c1-4-16-14-8-12(7-11(3)17-14)15(20)18-6-5-13(19)10(2)9-18/h7-8,10,13,19H,4-6,9H2,1-3H3,(H,16,17). The third-order valence-corrected chi connectivity index (χ3v) is 3.71. The van der Waals surface area contributed by atoms with Crippen LogP contribution in [-0.4, -0.2) is 46.6 Å². The number of hydrogen-bond donors (Lipinski definition) is 2. The lowest BCUT2D eigenvalue weighted by Crippen LogP contribution is -2.45. The van der Waals surface area contributed by atoms with Crippen molar-refractivity contribution in [2.75, 3.05) is 25.0 Å². The number of likely N-dealkylation sites (tertiary alicyclic amines) is 1. The van der Waals surface area contributed by atoms with Crippen LogP contribution in [0.15, 0.2) is 12.1 Å². The van der Waals surface area contributed by atoms with Crippen LogP contribution in [0.5, 0.6) is 0 Å². The van der Waals surface area contributed by atoms with Gasteiger partial charge in [0.05, 0.1) is 6.10 Å². The number of aliphatic hydroxyl groups is 1. The second kappa shape index (κ2) is 6.22. The average Bonchev–Trinajstić information content (AvgIpc) is 2.41. The van der Waals surface area contributed by atoms with Crippen LogP contribution in [-0.2, 0) is 0 Å². The van der Waals surface area contributed by atoms with E-state index in [1.54, 1.807) is 6.07 Å². The van der Waals surface area contributed by atoms with Gasteiger partial charge < -0.3 is 15.3 Å². The number of anilines is 1. The number of aromatic nitrogens is 1. The Balaban J connectivity index is 2.16. The highest BCUT2D eigenvalue weighted by Crippen LogP contribution is 2.20. The molecule has 2 rings (SSSR count). The van der Waals surface area contributed by atoms with Crippen LogP contribution >= 0.6 is 0 Å². The average molecular weight is 277 g/mol. The van der Waals surface area contributed by atoms with Crippen molar-refractivity contribution in [1.82, 2.24) is 9.88 Å². The normalized spacial score (nSPS) is 22.7. The minimum absolute atomic E-state index is 0.0217. The molecule has 5 heteroatoms. The Bertz CT molecular complexity index is 490. The summed E-state index contributed by atoms with van der Waals surface area (Å²) in [7, 11) is 0. The van der Waals surface area contributed by atoms with Gasteiger partial charge in [-0.3, -0.25) is 4.79 Å². The van der Waals surface area contributed by atoms with Gasteiger partial charge in [0.2, 0.25) is 0 Å². The van der Waals surface area contributed by atoms with Crippen LogP contribution in [0.3, 0.4) is 0 Å². The number of rotatable bonds is 3. The molecule has 110 valence electrons. The lowest BCUT2D eigenvalue weighted by molar-refractivity contribution is 0.0297. The van der Waals surface area contributed by atoms with Crippen LogP contribution in [0.1, 0.15) is 36.3 Å². The summed E-state index contributed by atoms with van der Waals surface area (Å²) in [4.78, 5) is 18.7. The van der Waals surface area contributed by atoms with E-state index in [0.717, 1.165) is 18.1 Å². The number of nitrogens with zero attached hydrogens (tertiary/aromatic N) is 2. The Morgan fingerprint density at radius 2 is 2.30 bits per heavy atom. The van der Waals surface area contributed by atoms with Crippen LogP contribution < -0.4 is 5.32 Å². The molecular weight excluding hydrogens is 254 g/mol. The molecule has 1 saturated heterocycles. The molecule has 2 N–H and O–H groups in total. The maximum absolute atomic E-state index is 12.5. The second-order valence-corrected chi connectivity index (χ2v) is 5.50. The van der Waals surface area contributed by atoms with Gasteiger partial charge in [-0.25, -0.2) is 4.98 Å². The summed E-state index contributed by atoms with van der Waals surface area (Å²) in [6, 6.07) is 3.62. The largest absolute Gasteiger partial charge is 0.393 e. The Morgan fingerprint density at radius 1 is 1.55 bits per heavy atom. The number of piperidine rings is 1. The first-order valence-electron chi connectivity index (χ1n) is 7.21. The first-order chi connectivity index (χ1) is 9.51. The summed E-state index contributed by atoms with van der Waals surface area (Å²) in [5.74, 6) is 0.887. The number of aliphatic hydroxyl groups excluding tert-OH is 1. The highest BCUT2D eigenvalue weighted by Gasteiger charge is 2.28. The molecule has 5 nitrogen and oxygen atoms in total. The summed E-state index contributed by atoms with van der Waals surface area (Å²) in [5.41, 5.74) is 1.49. The Labute approximate surface area is 120 Å². The van der Waals surface area contributed by atoms with E-state index >= 15 is 0 Å². The molecule has 2 unspecified atom stereocenters. The lowest BCUT2D eigenvalue weighted by Gasteiger charge is -2.34. The predicted molar refractivity (Wildman–Crippen MR) is 78.8 cm³/mol. The van der Waals surface area contributed by atoms with Crippen molar-refractivity contribution in [2.45, 2.75) is 33.3 Å². The molecule has 1 aliphatic heterocycles. The molecule has 0 aromatic carbocycles. The van der Waals surface area contributed by atoms with Crippen LogP contribution in [0.4, 0.5) is 5.82 Å². The smallest absolute Gasteiger partial charge is 0.254 e. The molecule has 0 aliphatic carbocycles. The molecule has 0 radical (unpaired) electrons. The van der Waals surface area contributed by atoms with Crippen molar-refractivity contribution >= 4 is 11.7 Å². The van der Waals surface area contributed by atoms with Crippen molar-refractivity contribution in [3.8, 4) is 0 Å². The van der Waals surface area contributed by atoms with Crippen molar-refractivity contribution in [2.24, 2.45) is 5.92 Å². The molecule has 2 heterocycles. The fraction of sp³-hybridized carbons (Fsp3) is 0.600. The third kappa shape index (κ3) is 3.28. The van der Waals surface area contributed by atoms with E-state index in [9.17, 15) is 9.90 Å². The van der Waals surface area contributed by atoms with E-state index in [1.807, 2.05) is 31.7 Å². The quantitative estimate of drug-likeness (QED) is 0.882. The monoisotopic (exact) mass is 277 g/mol. The minimum Gasteiger partial charge on any atom is -0.393 e. The molecule has 0 saturated carbocycles. The number of carbonyl (C=O) groups is 1. The van der Waals surface area contributed by atoms with E-state index in [-0.39, 0.29) is 17.9 Å². The zero-order valence-electron chi connectivity index (χ0n) is 12.4. The van der Waals surface area contributed by atoms with Crippen LogP contribution in [0.25, 0.3) is 0 Å². The maximum atomic E-state index is 12.5. The maximum Gasteiger partial charge on any atom is 0.254 e. The number of aryl methyl sites for hydroxylation is 1. The molecule has 1 fully saturated rings. The molecule has 1 aliphatic rings. The Morgan fingerprint density at radius 3 is 2.95 bits per heavy atom.